The zero-order valence-electron chi connectivity index (χ0n) is 18.6. The molecule has 1 amide bonds. The van der Waals surface area contributed by atoms with Crippen molar-refractivity contribution in [3.8, 4) is 0 Å². The minimum absolute atomic E-state index is 0.00849. The highest BCUT2D eigenvalue weighted by Crippen LogP contribution is 2.55. The minimum atomic E-state index is -3.93. The topological polar surface area (TPSA) is 118 Å². The van der Waals surface area contributed by atoms with E-state index in [0.717, 1.165) is 18.6 Å². The van der Waals surface area contributed by atoms with E-state index in [1.807, 2.05) is 0 Å². The lowest BCUT2D eigenvalue weighted by molar-refractivity contribution is 0.0235. The second-order valence-corrected chi connectivity index (χ2v) is 11.7. The molecule has 2 unspecified atom stereocenters. The molecule has 3 aromatic rings. The average molecular weight is 536 g/mol. The summed E-state index contributed by atoms with van der Waals surface area (Å²) in [7, 11) is -3.93. The molecule has 188 valence electrons. The van der Waals surface area contributed by atoms with Crippen LogP contribution in [0, 0.1) is 23.5 Å². The number of carbonyl (C=O) groups excluding carboxylic acids is 1. The van der Waals surface area contributed by atoms with Gasteiger partial charge in [-0.05, 0) is 61.4 Å². The van der Waals surface area contributed by atoms with Gasteiger partial charge in [-0.2, -0.15) is 0 Å². The van der Waals surface area contributed by atoms with Crippen molar-refractivity contribution in [2.75, 3.05) is 5.32 Å². The van der Waals surface area contributed by atoms with Crippen molar-refractivity contribution in [1.29, 1.82) is 0 Å². The van der Waals surface area contributed by atoms with Gasteiger partial charge in [0.15, 0.2) is 21.5 Å². The number of rotatable bonds is 5. The van der Waals surface area contributed by atoms with Crippen molar-refractivity contribution in [3.05, 3.63) is 91.7 Å². The Morgan fingerprint density at radius 3 is 2.39 bits per heavy atom. The first-order valence-corrected chi connectivity index (χ1v) is 13.1. The highest BCUT2D eigenvalue weighted by Gasteiger charge is 2.52. The Bertz CT molecular complexity index is 1590. The van der Waals surface area contributed by atoms with Crippen molar-refractivity contribution in [1.82, 2.24) is 9.55 Å². The van der Waals surface area contributed by atoms with Crippen LogP contribution in [-0.2, 0) is 9.84 Å². The maximum Gasteiger partial charge on any atom is 0.328 e. The highest BCUT2D eigenvalue weighted by molar-refractivity contribution is 7.92. The third-order valence-electron chi connectivity index (χ3n) is 6.99. The number of hydrogen-bond acceptors (Lipinski definition) is 5. The first-order chi connectivity index (χ1) is 17.0. The monoisotopic (exact) mass is 535 g/mol. The van der Waals surface area contributed by atoms with Gasteiger partial charge in [0.05, 0.1) is 15.2 Å². The Labute approximate surface area is 208 Å². The van der Waals surface area contributed by atoms with Crippen molar-refractivity contribution < 1.29 is 22.0 Å². The SMILES string of the molecule is O=C(Nc1ccc(F)c(F)c1)c1ccc(Cl)c(S(=O)(=O)[C@H]2CC3CC(C2)[C@@H]3n2ccc(=O)[nH]c2=O)c1. The first-order valence-electron chi connectivity index (χ1n) is 11.2. The molecule has 0 spiro atoms. The normalized spacial score (nSPS) is 23.1. The molecule has 0 aliphatic heterocycles. The number of sulfone groups is 1. The Hall–Kier alpha value is -3.31. The summed E-state index contributed by atoms with van der Waals surface area (Å²) in [6.45, 7) is 0. The lowest BCUT2D eigenvalue weighted by atomic mass is 9.61. The molecule has 0 radical (unpaired) electrons. The molecule has 2 N–H and O–H groups in total. The van der Waals surface area contributed by atoms with E-state index in [4.69, 9.17) is 11.6 Å². The van der Waals surface area contributed by atoms with Gasteiger partial charge in [-0.1, -0.05) is 11.6 Å². The Morgan fingerprint density at radius 1 is 1.00 bits per heavy atom. The van der Waals surface area contributed by atoms with Crippen LogP contribution in [0.5, 0.6) is 0 Å². The van der Waals surface area contributed by atoms with Crippen LogP contribution in [0.1, 0.15) is 35.7 Å². The predicted octanol–water partition coefficient (Wildman–Crippen LogP) is 3.53. The van der Waals surface area contributed by atoms with Gasteiger partial charge in [0, 0.05) is 35.6 Å². The van der Waals surface area contributed by atoms with Crippen LogP contribution < -0.4 is 16.6 Å². The van der Waals surface area contributed by atoms with Gasteiger partial charge in [0.2, 0.25) is 0 Å². The summed E-state index contributed by atoms with van der Waals surface area (Å²) in [5, 5.41) is 1.62. The van der Waals surface area contributed by atoms with Crippen molar-refractivity contribution in [2.24, 2.45) is 11.8 Å². The van der Waals surface area contributed by atoms with Gasteiger partial charge in [0.1, 0.15) is 0 Å². The van der Waals surface area contributed by atoms with E-state index >= 15 is 0 Å². The zero-order chi connectivity index (χ0) is 25.8. The summed E-state index contributed by atoms with van der Waals surface area (Å²) in [4.78, 5) is 38.3. The molecule has 2 bridgehead atoms. The van der Waals surface area contributed by atoms with Gasteiger partial charge in [-0.25, -0.2) is 22.0 Å². The van der Waals surface area contributed by atoms with Crippen LogP contribution in [0.4, 0.5) is 14.5 Å². The quantitative estimate of drug-likeness (QED) is 0.518. The van der Waals surface area contributed by atoms with Crippen LogP contribution in [0.2, 0.25) is 5.02 Å². The number of benzene rings is 2. The van der Waals surface area contributed by atoms with Crippen LogP contribution in [-0.4, -0.2) is 29.1 Å². The summed E-state index contributed by atoms with van der Waals surface area (Å²) in [6, 6.07) is 7.77. The molecule has 2 aromatic carbocycles. The molecule has 1 aromatic heterocycles. The summed E-state index contributed by atoms with van der Waals surface area (Å²) in [5.41, 5.74) is -1.02. The number of fused-ring (bicyclic) bond motifs is 2. The van der Waals surface area contributed by atoms with Gasteiger partial charge in [0.25, 0.3) is 11.5 Å². The third kappa shape index (κ3) is 4.26. The molecule has 8 nitrogen and oxygen atoms in total. The van der Waals surface area contributed by atoms with Gasteiger partial charge >= 0.3 is 5.69 Å². The Kier molecular flexibility index (Phi) is 6.08. The fourth-order valence-electron chi connectivity index (χ4n) is 5.29. The molecule has 3 saturated carbocycles. The number of nitrogens with zero attached hydrogens (tertiary/aromatic N) is 1. The average Bonchev–Trinajstić information content (AvgIpc) is 2.83. The van der Waals surface area contributed by atoms with E-state index in [9.17, 15) is 31.6 Å². The maximum atomic E-state index is 13.5. The molecule has 12 heteroatoms. The van der Waals surface area contributed by atoms with E-state index in [-0.39, 0.29) is 39.0 Å². The second-order valence-electron chi connectivity index (χ2n) is 9.13. The van der Waals surface area contributed by atoms with E-state index < -0.39 is 43.9 Å². The molecule has 3 fully saturated rings. The van der Waals surface area contributed by atoms with E-state index in [2.05, 4.69) is 10.3 Å². The minimum Gasteiger partial charge on any atom is -0.322 e. The fourth-order valence-corrected chi connectivity index (χ4v) is 7.72. The maximum absolute atomic E-state index is 13.5. The summed E-state index contributed by atoms with van der Waals surface area (Å²) in [5.74, 6) is -3.04. The number of anilines is 1. The third-order valence-corrected chi connectivity index (χ3v) is 9.65. The number of H-pyrrole nitrogens is 1. The standard InChI is InChI=1S/C24H20ClF2N3O5S/c25-17-3-1-12(23(32)28-15-2-4-18(26)19(27)11-15)10-20(17)36(34,35)16-8-13-7-14(9-16)22(13)30-6-5-21(31)29-24(30)33/h1-6,10-11,13-14,16,22H,7-9H2,(H,28,32)(H,29,31,33)/t13?,14?,16-,22+. The van der Waals surface area contributed by atoms with E-state index in [1.54, 1.807) is 0 Å². The van der Waals surface area contributed by atoms with Gasteiger partial charge < -0.3 is 5.32 Å². The fraction of sp³-hybridized carbons (Fsp3) is 0.292. The highest BCUT2D eigenvalue weighted by atomic mass is 35.5. The smallest absolute Gasteiger partial charge is 0.322 e. The molecule has 36 heavy (non-hydrogen) atoms. The number of aromatic nitrogens is 2. The van der Waals surface area contributed by atoms with Crippen LogP contribution >= 0.6 is 11.6 Å². The number of nitrogens with one attached hydrogen (secondary N) is 2. The van der Waals surface area contributed by atoms with Crippen molar-refractivity contribution in [2.45, 2.75) is 35.4 Å². The molecule has 0 saturated heterocycles. The molecule has 2 atom stereocenters. The zero-order valence-corrected chi connectivity index (χ0v) is 20.2. The lowest BCUT2D eigenvalue weighted by Crippen LogP contribution is -2.51. The molecule has 3 aliphatic carbocycles. The number of halogens is 3. The Balaban J connectivity index is 1.37. The van der Waals surface area contributed by atoms with E-state index in [1.165, 1.54) is 41.1 Å². The van der Waals surface area contributed by atoms with Crippen molar-refractivity contribution >= 4 is 33.0 Å². The lowest BCUT2D eigenvalue weighted by Gasteiger charge is -2.52. The number of aromatic amines is 1. The largest absolute Gasteiger partial charge is 0.328 e. The van der Waals surface area contributed by atoms with Crippen LogP contribution in [0.25, 0.3) is 0 Å². The number of amides is 1. The van der Waals surface area contributed by atoms with Crippen LogP contribution in [0.3, 0.4) is 0 Å². The molecular weight excluding hydrogens is 516 g/mol. The first kappa shape index (κ1) is 24.4. The molecule has 1 heterocycles. The number of hydrogen-bond donors (Lipinski definition) is 2. The number of carbonyl (C=O) groups is 1. The summed E-state index contributed by atoms with van der Waals surface area (Å²) < 4.78 is 55.1. The summed E-state index contributed by atoms with van der Waals surface area (Å²) in [6.07, 6.45) is 2.81. The summed E-state index contributed by atoms with van der Waals surface area (Å²) >= 11 is 6.23. The predicted molar refractivity (Wildman–Crippen MR) is 128 cm³/mol. The molecule has 6 rings (SSSR count). The Morgan fingerprint density at radius 2 is 1.72 bits per heavy atom. The van der Waals surface area contributed by atoms with Gasteiger partial charge in [-0.15, -0.1) is 0 Å². The second kappa shape index (κ2) is 8.97. The van der Waals surface area contributed by atoms with Gasteiger partial charge in [-0.3, -0.25) is 19.1 Å². The van der Waals surface area contributed by atoms with Crippen LogP contribution in [0.15, 0.2) is 63.1 Å². The van der Waals surface area contributed by atoms with Crippen molar-refractivity contribution in [3.63, 3.8) is 0 Å². The molecular formula is C24H20ClF2N3O5S. The van der Waals surface area contributed by atoms with E-state index in [0.29, 0.717) is 12.8 Å². The molecule has 3 aliphatic rings.